The van der Waals surface area contributed by atoms with Crippen LogP contribution in [0, 0.1) is 0 Å². The first-order chi connectivity index (χ1) is 4.27. The predicted octanol–water partition coefficient (Wildman–Crippen LogP) is 0.310. The second-order valence-corrected chi connectivity index (χ2v) is 2.25. The number of aliphatic hydroxyl groups excluding tert-OH is 1. The maximum Gasteiger partial charge on any atom is 0.328 e. The second kappa shape index (κ2) is 5.65. The van der Waals surface area contributed by atoms with Gasteiger partial charge in [0.15, 0.2) is 0 Å². The molecule has 0 aliphatic carbocycles. The first-order valence-corrected chi connectivity index (χ1v) is 3.44. The van der Waals surface area contributed by atoms with Crippen LogP contribution in [0.4, 0.5) is 0 Å². The summed E-state index contributed by atoms with van der Waals surface area (Å²) < 4.78 is 0. The lowest BCUT2D eigenvalue weighted by molar-refractivity contribution is -0.131. The van der Waals surface area contributed by atoms with Gasteiger partial charge in [0.1, 0.15) is 0 Å². The van der Waals surface area contributed by atoms with Crippen LogP contribution in [0.3, 0.4) is 0 Å². The van der Waals surface area contributed by atoms with Crippen molar-refractivity contribution in [2.24, 2.45) is 0 Å². The summed E-state index contributed by atoms with van der Waals surface area (Å²) in [4.78, 5) is 9.80. The van der Waals surface area contributed by atoms with Crippen molar-refractivity contribution in [2.45, 2.75) is 0 Å². The summed E-state index contributed by atoms with van der Waals surface area (Å²) in [6.07, 6.45) is 1.04. The number of aliphatic carboxylic acids is 1. The van der Waals surface area contributed by atoms with Crippen molar-refractivity contribution < 1.29 is 15.0 Å². The van der Waals surface area contributed by atoms with E-state index in [-0.39, 0.29) is 6.61 Å². The van der Waals surface area contributed by atoms with E-state index in [1.54, 1.807) is 0 Å². The molecule has 0 atom stereocenters. The van der Waals surface area contributed by atoms with E-state index in [4.69, 9.17) is 10.2 Å². The fourth-order valence-electron chi connectivity index (χ4n) is 0.227. The second-order valence-electron chi connectivity index (χ2n) is 1.24. The first-order valence-electron chi connectivity index (χ1n) is 2.39. The van der Waals surface area contributed by atoms with Crippen molar-refractivity contribution in [1.29, 1.82) is 0 Å². The Morgan fingerprint density at radius 1 is 1.67 bits per heavy atom. The summed E-state index contributed by atoms with van der Waals surface area (Å²) >= 11 is 1.27. The van der Waals surface area contributed by atoms with Gasteiger partial charge in [-0.05, 0) is 5.41 Å². The molecule has 0 amide bonds. The van der Waals surface area contributed by atoms with Gasteiger partial charge in [0, 0.05) is 11.8 Å². The Labute approximate surface area is 57.4 Å². The lowest BCUT2D eigenvalue weighted by atomic mass is 10.7. The Morgan fingerprint density at radius 3 is 2.78 bits per heavy atom. The predicted molar refractivity (Wildman–Crippen MR) is 36.3 cm³/mol. The molecule has 0 saturated carbocycles. The van der Waals surface area contributed by atoms with Crippen LogP contribution in [0.15, 0.2) is 11.5 Å². The van der Waals surface area contributed by atoms with Crippen LogP contribution in [0.2, 0.25) is 0 Å². The topological polar surface area (TPSA) is 57.5 Å². The minimum atomic E-state index is -0.958. The van der Waals surface area contributed by atoms with Crippen LogP contribution in [-0.4, -0.2) is 28.5 Å². The molecule has 0 spiro atoms. The maximum absolute atomic E-state index is 9.80. The number of hydrogen-bond donors (Lipinski definition) is 2. The standard InChI is InChI=1S/C5H8O3S/c6-2-4-9-3-1-5(7)8/h1,3,6H,2,4H2,(H,7,8)/b3-1+. The summed E-state index contributed by atoms with van der Waals surface area (Å²) in [6, 6.07) is 0. The van der Waals surface area contributed by atoms with E-state index in [9.17, 15) is 4.79 Å². The third-order valence-electron chi connectivity index (χ3n) is 0.516. The zero-order valence-corrected chi connectivity index (χ0v) is 5.60. The quantitative estimate of drug-likeness (QED) is 0.445. The van der Waals surface area contributed by atoms with Crippen LogP contribution in [0.1, 0.15) is 0 Å². The highest BCUT2D eigenvalue weighted by Crippen LogP contribution is 1.98. The molecule has 0 aromatic rings. The highest BCUT2D eigenvalue weighted by molar-refractivity contribution is 8.02. The van der Waals surface area contributed by atoms with E-state index >= 15 is 0 Å². The molecule has 0 rings (SSSR count). The minimum absolute atomic E-state index is 0.0780. The van der Waals surface area contributed by atoms with E-state index < -0.39 is 5.97 Å². The summed E-state index contributed by atoms with van der Waals surface area (Å²) in [5.41, 5.74) is 0. The van der Waals surface area contributed by atoms with Crippen LogP contribution >= 0.6 is 11.8 Å². The number of aliphatic hydroxyl groups is 1. The summed E-state index contributed by atoms with van der Waals surface area (Å²) in [5.74, 6) is -0.413. The van der Waals surface area contributed by atoms with E-state index in [1.165, 1.54) is 17.2 Å². The molecule has 52 valence electrons. The fraction of sp³-hybridized carbons (Fsp3) is 0.400. The average Bonchev–Trinajstić information content (AvgIpc) is 1.80. The van der Waals surface area contributed by atoms with Gasteiger partial charge in [-0.3, -0.25) is 0 Å². The molecule has 0 saturated heterocycles. The molecule has 4 heteroatoms. The molecule has 0 aliphatic heterocycles. The van der Waals surface area contributed by atoms with Gasteiger partial charge in [-0.25, -0.2) is 4.79 Å². The Hall–Kier alpha value is -0.480. The van der Waals surface area contributed by atoms with E-state index in [1.807, 2.05) is 0 Å². The van der Waals surface area contributed by atoms with Gasteiger partial charge < -0.3 is 10.2 Å². The van der Waals surface area contributed by atoms with Crippen molar-refractivity contribution in [2.75, 3.05) is 12.4 Å². The fourth-order valence-corrected chi connectivity index (χ4v) is 0.681. The summed E-state index contributed by atoms with van der Waals surface area (Å²) in [7, 11) is 0. The van der Waals surface area contributed by atoms with Crippen LogP contribution < -0.4 is 0 Å². The van der Waals surface area contributed by atoms with Gasteiger partial charge in [-0.2, -0.15) is 0 Å². The third-order valence-corrected chi connectivity index (χ3v) is 1.26. The smallest absolute Gasteiger partial charge is 0.328 e. The zero-order chi connectivity index (χ0) is 7.11. The van der Waals surface area contributed by atoms with Gasteiger partial charge in [-0.1, -0.05) is 0 Å². The molecule has 0 aliphatic rings. The van der Waals surface area contributed by atoms with E-state index in [0.717, 1.165) is 6.08 Å². The van der Waals surface area contributed by atoms with Crippen LogP contribution in [0.5, 0.6) is 0 Å². The lowest BCUT2D eigenvalue weighted by Gasteiger charge is -1.85. The van der Waals surface area contributed by atoms with Crippen molar-refractivity contribution in [3.05, 3.63) is 11.5 Å². The lowest BCUT2D eigenvalue weighted by Crippen LogP contribution is -1.86. The highest BCUT2D eigenvalue weighted by Gasteiger charge is 1.83. The number of carbonyl (C=O) groups is 1. The van der Waals surface area contributed by atoms with Gasteiger partial charge in [0.05, 0.1) is 6.61 Å². The molecule has 2 N–H and O–H groups in total. The zero-order valence-electron chi connectivity index (χ0n) is 4.78. The Morgan fingerprint density at radius 2 is 2.33 bits per heavy atom. The minimum Gasteiger partial charge on any atom is -0.478 e. The molecule has 0 aromatic carbocycles. The summed E-state index contributed by atoms with van der Waals surface area (Å²) in [6.45, 7) is 0.0780. The molecule has 9 heavy (non-hydrogen) atoms. The van der Waals surface area contributed by atoms with Crippen molar-refractivity contribution in [3.63, 3.8) is 0 Å². The molecular weight excluding hydrogens is 140 g/mol. The molecule has 0 fully saturated rings. The number of thioether (sulfide) groups is 1. The number of rotatable bonds is 4. The number of carboxylic acids is 1. The molecule has 3 nitrogen and oxygen atoms in total. The van der Waals surface area contributed by atoms with Gasteiger partial charge in [0.25, 0.3) is 0 Å². The van der Waals surface area contributed by atoms with E-state index in [0.29, 0.717) is 5.75 Å². The molecule has 0 unspecified atom stereocenters. The molecular formula is C5H8O3S. The van der Waals surface area contributed by atoms with Gasteiger partial charge in [-0.15, -0.1) is 11.8 Å². The van der Waals surface area contributed by atoms with Gasteiger partial charge in [0.2, 0.25) is 0 Å². The summed E-state index contributed by atoms with van der Waals surface area (Å²) in [5, 5.41) is 17.7. The third kappa shape index (κ3) is 7.52. The van der Waals surface area contributed by atoms with Crippen molar-refractivity contribution >= 4 is 17.7 Å². The number of carboxylic acid groups (broad SMARTS) is 1. The van der Waals surface area contributed by atoms with E-state index in [2.05, 4.69) is 0 Å². The average molecular weight is 148 g/mol. The Balaban J connectivity index is 3.15. The highest BCUT2D eigenvalue weighted by atomic mass is 32.2. The maximum atomic E-state index is 9.80. The SMILES string of the molecule is O=C(O)/C=C/SCCO. The Kier molecular flexibility index (Phi) is 5.35. The largest absolute Gasteiger partial charge is 0.478 e. The van der Waals surface area contributed by atoms with Gasteiger partial charge >= 0.3 is 5.97 Å². The number of hydrogen-bond acceptors (Lipinski definition) is 3. The molecule has 0 radical (unpaired) electrons. The molecule has 0 bridgehead atoms. The normalized spacial score (nSPS) is 10.3. The van der Waals surface area contributed by atoms with Crippen LogP contribution in [0.25, 0.3) is 0 Å². The van der Waals surface area contributed by atoms with Crippen LogP contribution in [-0.2, 0) is 4.79 Å². The van der Waals surface area contributed by atoms with Crippen molar-refractivity contribution in [1.82, 2.24) is 0 Å². The monoisotopic (exact) mass is 148 g/mol. The molecule has 0 heterocycles. The van der Waals surface area contributed by atoms with Crippen molar-refractivity contribution in [3.8, 4) is 0 Å². The first kappa shape index (κ1) is 8.52. The molecule has 0 aromatic heterocycles. The Bertz CT molecular complexity index is 111.